The summed E-state index contributed by atoms with van der Waals surface area (Å²) in [5.74, 6) is -0.825. The first-order valence-electron chi connectivity index (χ1n) is 5.74. The normalized spacial score (nSPS) is 14.4. The van der Waals surface area contributed by atoms with Crippen molar-refractivity contribution in [1.82, 2.24) is 4.98 Å². The van der Waals surface area contributed by atoms with Crippen LogP contribution in [-0.4, -0.2) is 33.9 Å². The molecule has 0 saturated heterocycles. The van der Waals surface area contributed by atoms with E-state index in [0.717, 1.165) is 5.39 Å². The number of esters is 1. The van der Waals surface area contributed by atoms with Gasteiger partial charge in [0.25, 0.3) is 0 Å². The van der Waals surface area contributed by atoms with Crippen LogP contribution < -0.4 is 0 Å². The zero-order chi connectivity index (χ0) is 13.1. The summed E-state index contributed by atoms with van der Waals surface area (Å²) in [6.45, 7) is 1.80. The first kappa shape index (κ1) is 12.6. The summed E-state index contributed by atoms with van der Waals surface area (Å²) in [7, 11) is 0. The van der Waals surface area contributed by atoms with Crippen molar-refractivity contribution in [3.8, 4) is 0 Å². The van der Waals surface area contributed by atoms with Crippen molar-refractivity contribution in [3.05, 3.63) is 36.0 Å². The maximum Gasteiger partial charge on any atom is 0.338 e. The summed E-state index contributed by atoms with van der Waals surface area (Å²) in [5.41, 5.74) is 1.17. The van der Waals surface area contributed by atoms with Crippen LogP contribution in [0.15, 0.2) is 30.5 Å². The molecule has 0 radical (unpaired) electrons. The van der Waals surface area contributed by atoms with Gasteiger partial charge in [-0.3, -0.25) is 0 Å². The molecule has 0 amide bonds. The minimum Gasteiger partial charge on any atom is -0.464 e. The van der Waals surface area contributed by atoms with Crippen LogP contribution in [0, 0.1) is 0 Å². The third-order valence-electron chi connectivity index (χ3n) is 2.77. The van der Waals surface area contributed by atoms with E-state index in [1.807, 2.05) is 12.1 Å². The van der Waals surface area contributed by atoms with Crippen molar-refractivity contribution in [2.45, 2.75) is 19.1 Å². The summed E-state index contributed by atoms with van der Waals surface area (Å²) in [6, 6.07) is 7.14. The van der Waals surface area contributed by atoms with Gasteiger partial charge in [0.2, 0.25) is 0 Å². The Labute approximate surface area is 104 Å². The number of hydrogen-bond acceptors (Lipinski definition) is 4. The fourth-order valence-corrected chi connectivity index (χ4v) is 1.88. The highest BCUT2D eigenvalue weighted by atomic mass is 16.5. The number of benzene rings is 1. The second-order valence-electron chi connectivity index (χ2n) is 3.93. The Morgan fingerprint density at radius 1 is 1.39 bits per heavy atom. The molecule has 1 aromatic heterocycles. The number of rotatable bonds is 4. The molecule has 2 atom stereocenters. The number of aliphatic hydroxyl groups excluding tert-OH is 2. The lowest BCUT2D eigenvalue weighted by Gasteiger charge is -2.17. The number of carbonyl (C=O) groups is 1. The van der Waals surface area contributed by atoms with Gasteiger partial charge in [0.05, 0.1) is 12.1 Å². The van der Waals surface area contributed by atoms with Gasteiger partial charge in [-0.05, 0) is 18.4 Å². The zero-order valence-corrected chi connectivity index (χ0v) is 9.96. The molecule has 5 nitrogen and oxygen atoms in total. The Morgan fingerprint density at radius 2 is 2.17 bits per heavy atom. The van der Waals surface area contributed by atoms with E-state index in [4.69, 9.17) is 0 Å². The van der Waals surface area contributed by atoms with E-state index < -0.39 is 18.2 Å². The lowest BCUT2D eigenvalue weighted by atomic mass is 10.0. The van der Waals surface area contributed by atoms with Gasteiger partial charge in [-0.15, -0.1) is 0 Å². The smallest absolute Gasteiger partial charge is 0.338 e. The van der Waals surface area contributed by atoms with Gasteiger partial charge < -0.3 is 19.9 Å². The summed E-state index contributed by atoms with van der Waals surface area (Å²) >= 11 is 0. The molecule has 2 unspecified atom stereocenters. The lowest BCUT2D eigenvalue weighted by molar-refractivity contribution is -0.159. The highest BCUT2D eigenvalue weighted by Crippen LogP contribution is 2.25. The van der Waals surface area contributed by atoms with Gasteiger partial charge in [0.1, 0.15) is 6.10 Å². The van der Waals surface area contributed by atoms with E-state index >= 15 is 0 Å². The molecule has 0 aliphatic carbocycles. The molecule has 0 saturated carbocycles. The third kappa shape index (κ3) is 2.23. The number of aromatic nitrogens is 1. The number of aliphatic hydroxyl groups is 2. The molecule has 0 aliphatic heterocycles. The number of carbonyl (C=O) groups excluding carboxylic acids is 1. The fourth-order valence-electron chi connectivity index (χ4n) is 1.88. The molecule has 0 fully saturated rings. The van der Waals surface area contributed by atoms with Crippen LogP contribution in [0.25, 0.3) is 10.9 Å². The number of ether oxygens (including phenoxy) is 1. The van der Waals surface area contributed by atoms with Gasteiger partial charge in [0.15, 0.2) is 6.10 Å². The Balaban J connectivity index is 2.30. The molecule has 2 aromatic rings. The van der Waals surface area contributed by atoms with E-state index in [1.165, 1.54) is 0 Å². The fraction of sp³-hybridized carbons (Fsp3) is 0.308. The minimum atomic E-state index is -1.58. The summed E-state index contributed by atoms with van der Waals surface area (Å²) in [5, 5.41) is 20.7. The minimum absolute atomic E-state index is 0.162. The summed E-state index contributed by atoms with van der Waals surface area (Å²) < 4.78 is 4.68. The van der Waals surface area contributed by atoms with Crippen molar-refractivity contribution in [3.63, 3.8) is 0 Å². The Kier molecular flexibility index (Phi) is 3.64. The summed E-state index contributed by atoms with van der Waals surface area (Å²) in [4.78, 5) is 14.4. The lowest BCUT2D eigenvalue weighted by Crippen LogP contribution is -2.30. The monoisotopic (exact) mass is 249 g/mol. The molecule has 0 spiro atoms. The number of para-hydroxylation sites is 1. The van der Waals surface area contributed by atoms with Gasteiger partial charge in [0, 0.05) is 11.8 Å². The SMILES string of the molecule is CCOC(=O)C(O)C(O)c1cccc2cc[nH]c12. The molecule has 0 aliphatic rings. The topological polar surface area (TPSA) is 82.6 Å². The van der Waals surface area contributed by atoms with E-state index in [1.54, 1.807) is 25.3 Å². The third-order valence-corrected chi connectivity index (χ3v) is 2.77. The van der Waals surface area contributed by atoms with Crippen molar-refractivity contribution >= 4 is 16.9 Å². The highest BCUT2D eigenvalue weighted by Gasteiger charge is 2.28. The van der Waals surface area contributed by atoms with Crippen LogP contribution >= 0.6 is 0 Å². The van der Waals surface area contributed by atoms with Crippen LogP contribution in [0.3, 0.4) is 0 Å². The molecule has 96 valence electrons. The molecule has 2 rings (SSSR count). The second kappa shape index (κ2) is 5.20. The van der Waals surface area contributed by atoms with E-state index in [-0.39, 0.29) is 6.61 Å². The summed E-state index contributed by atoms with van der Waals surface area (Å²) in [6.07, 6.45) is -1.16. The maximum absolute atomic E-state index is 11.4. The Morgan fingerprint density at radius 3 is 2.89 bits per heavy atom. The molecule has 1 heterocycles. The predicted molar refractivity (Wildman–Crippen MR) is 65.9 cm³/mol. The first-order valence-corrected chi connectivity index (χ1v) is 5.74. The molecule has 18 heavy (non-hydrogen) atoms. The van der Waals surface area contributed by atoms with Crippen LogP contribution in [0.4, 0.5) is 0 Å². The molecule has 1 aromatic carbocycles. The zero-order valence-electron chi connectivity index (χ0n) is 9.96. The molecular weight excluding hydrogens is 234 g/mol. The van der Waals surface area contributed by atoms with Gasteiger partial charge in [-0.1, -0.05) is 18.2 Å². The average Bonchev–Trinajstić information content (AvgIpc) is 2.85. The quantitative estimate of drug-likeness (QED) is 0.709. The number of H-pyrrole nitrogens is 1. The number of fused-ring (bicyclic) bond motifs is 1. The maximum atomic E-state index is 11.4. The van der Waals surface area contributed by atoms with Crippen molar-refractivity contribution in [2.24, 2.45) is 0 Å². The van der Waals surface area contributed by atoms with Crippen LogP contribution in [0.5, 0.6) is 0 Å². The average molecular weight is 249 g/mol. The number of aromatic amines is 1. The number of nitrogens with one attached hydrogen (secondary N) is 1. The first-order chi connectivity index (χ1) is 8.65. The van der Waals surface area contributed by atoms with E-state index in [2.05, 4.69) is 9.72 Å². The van der Waals surface area contributed by atoms with Gasteiger partial charge in [-0.2, -0.15) is 0 Å². The standard InChI is InChI=1S/C13H15NO4/c1-2-18-13(17)12(16)11(15)9-5-3-4-8-6-7-14-10(8)9/h3-7,11-12,14-16H,2H2,1H3. The Hall–Kier alpha value is -1.85. The van der Waals surface area contributed by atoms with Gasteiger partial charge >= 0.3 is 5.97 Å². The molecule has 3 N–H and O–H groups in total. The largest absolute Gasteiger partial charge is 0.464 e. The van der Waals surface area contributed by atoms with Crippen molar-refractivity contribution < 1.29 is 19.7 Å². The van der Waals surface area contributed by atoms with Crippen molar-refractivity contribution in [2.75, 3.05) is 6.61 Å². The number of hydrogen-bond donors (Lipinski definition) is 3. The van der Waals surface area contributed by atoms with Crippen molar-refractivity contribution in [1.29, 1.82) is 0 Å². The highest BCUT2D eigenvalue weighted by molar-refractivity contribution is 5.84. The predicted octanol–water partition coefficient (Wildman–Crippen LogP) is 1.13. The second-order valence-corrected chi connectivity index (χ2v) is 3.93. The van der Waals surface area contributed by atoms with Crippen LogP contribution in [0.1, 0.15) is 18.6 Å². The molecule has 0 bridgehead atoms. The molecule has 5 heteroatoms. The molecular formula is C13H15NO4. The van der Waals surface area contributed by atoms with Crippen LogP contribution in [0.2, 0.25) is 0 Å². The van der Waals surface area contributed by atoms with E-state index in [0.29, 0.717) is 11.1 Å². The van der Waals surface area contributed by atoms with E-state index in [9.17, 15) is 15.0 Å². The van der Waals surface area contributed by atoms with Crippen LogP contribution in [-0.2, 0) is 9.53 Å². The Bertz CT molecular complexity index is 549. The van der Waals surface area contributed by atoms with Gasteiger partial charge in [-0.25, -0.2) is 4.79 Å².